The van der Waals surface area contributed by atoms with Crippen molar-refractivity contribution in [2.75, 3.05) is 0 Å². The van der Waals surface area contributed by atoms with Crippen LogP contribution in [0.1, 0.15) is 57.2 Å². The van der Waals surface area contributed by atoms with Gasteiger partial charge in [0.15, 0.2) is 0 Å². The molecule has 0 aromatic carbocycles. The fraction of sp³-hybridized carbons (Fsp3) is 0.765. The molecule has 4 saturated carbocycles. The smallest absolute Gasteiger partial charge is 0.245 e. The Morgan fingerprint density at radius 3 is 2.32 bits per heavy atom. The minimum absolute atomic E-state index is 0.0616. The Morgan fingerprint density at radius 1 is 1.32 bits per heavy atom. The van der Waals surface area contributed by atoms with Crippen LogP contribution in [-0.2, 0) is 4.79 Å². The molecule has 0 aliphatic heterocycles. The average Bonchev–Trinajstić information content (AvgIpc) is 2.75. The number of amides is 1. The Kier molecular flexibility index (Phi) is 3.30. The molecule has 4 aliphatic rings. The highest BCUT2D eigenvalue weighted by molar-refractivity contribution is 6.31. The maximum absolute atomic E-state index is 12.7. The number of nitrogens with one attached hydrogen (secondary N) is 1. The molecule has 4 fully saturated rings. The van der Waals surface area contributed by atoms with E-state index in [4.69, 9.17) is 11.6 Å². The lowest BCUT2D eigenvalue weighted by Gasteiger charge is -2.57. The lowest BCUT2D eigenvalue weighted by atomic mass is 9.53. The molecule has 4 bridgehead atoms. The second-order valence-electron chi connectivity index (χ2n) is 7.91. The Balaban J connectivity index is 1.49. The van der Waals surface area contributed by atoms with Crippen LogP contribution in [0, 0.1) is 24.7 Å². The summed E-state index contributed by atoms with van der Waals surface area (Å²) in [6, 6.07) is -0.306. The Hall–Kier alpha value is -1.03. The van der Waals surface area contributed by atoms with Crippen LogP contribution in [0.2, 0.25) is 5.02 Å². The van der Waals surface area contributed by atoms with Gasteiger partial charge in [-0.15, -0.1) is 0 Å². The molecule has 1 N–H and O–H groups in total. The van der Waals surface area contributed by atoms with Crippen LogP contribution in [0.3, 0.4) is 0 Å². The minimum atomic E-state index is -0.306. The first kappa shape index (κ1) is 14.6. The SMILES string of the molecule is Cc1nn(C(C)C(=O)NC23CC4CC(CC(C4)C2)C3)cc1Cl. The standard InChI is InChI=1S/C17H24ClN3O/c1-10-15(18)9-21(20-10)11(2)16(22)19-17-6-12-3-13(7-17)5-14(4-12)8-17/h9,11-14H,3-8H2,1-2H3,(H,19,22). The van der Waals surface area contributed by atoms with E-state index in [0.29, 0.717) is 5.02 Å². The summed E-state index contributed by atoms with van der Waals surface area (Å²) in [5, 5.41) is 8.38. The van der Waals surface area contributed by atoms with Crippen LogP contribution >= 0.6 is 11.6 Å². The highest BCUT2D eigenvalue weighted by atomic mass is 35.5. The number of nitrogens with zero attached hydrogens (tertiary/aromatic N) is 2. The number of carbonyl (C=O) groups is 1. The summed E-state index contributed by atoms with van der Waals surface area (Å²) in [5.41, 5.74) is 0.836. The molecule has 0 saturated heterocycles. The minimum Gasteiger partial charge on any atom is -0.349 e. The first-order chi connectivity index (χ1) is 10.4. The van der Waals surface area contributed by atoms with Crippen molar-refractivity contribution in [1.29, 1.82) is 0 Å². The lowest BCUT2D eigenvalue weighted by molar-refractivity contribution is -0.129. The summed E-state index contributed by atoms with van der Waals surface area (Å²) in [4.78, 5) is 12.7. The van der Waals surface area contributed by atoms with E-state index in [0.717, 1.165) is 23.4 Å². The Labute approximate surface area is 136 Å². The van der Waals surface area contributed by atoms with Crippen LogP contribution in [0.15, 0.2) is 6.20 Å². The van der Waals surface area contributed by atoms with Gasteiger partial charge in [-0.05, 0) is 70.1 Å². The van der Waals surface area contributed by atoms with E-state index >= 15 is 0 Å². The van der Waals surface area contributed by atoms with Crippen LogP contribution in [0.4, 0.5) is 0 Å². The van der Waals surface area contributed by atoms with E-state index in [-0.39, 0.29) is 17.5 Å². The number of halogens is 1. The third kappa shape index (κ3) is 2.36. The van der Waals surface area contributed by atoms with Gasteiger partial charge in [0.1, 0.15) is 6.04 Å². The second kappa shape index (κ2) is 4.98. The summed E-state index contributed by atoms with van der Waals surface area (Å²) < 4.78 is 1.69. The monoisotopic (exact) mass is 321 g/mol. The molecule has 4 aliphatic carbocycles. The first-order valence-corrected chi connectivity index (χ1v) is 8.85. The van der Waals surface area contributed by atoms with Gasteiger partial charge < -0.3 is 5.32 Å². The zero-order chi connectivity index (χ0) is 15.5. The molecule has 0 spiro atoms. The van der Waals surface area contributed by atoms with Gasteiger partial charge >= 0.3 is 0 Å². The fourth-order valence-electron chi connectivity index (χ4n) is 5.41. The fourth-order valence-corrected chi connectivity index (χ4v) is 5.55. The van der Waals surface area contributed by atoms with Gasteiger partial charge in [0.2, 0.25) is 5.91 Å². The van der Waals surface area contributed by atoms with Crippen LogP contribution < -0.4 is 5.32 Å². The summed E-state index contributed by atoms with van der Waals surface area (Å²) in [6.07, 6.45) is 9.44. The highest BCUT2D eigenvalue weighted by Gasteiger charge is 2.51. The molecule has 4 nitrogen and oxygen atoms in total. The number of hydrogen-bond acceptors (Lipinski definition) is 2. The number of carbonyl (C=O) groups excluding carboxylic acids is 1. The molecular formula is C17H24ClN3O. The first-order valence-electron chi connectivity index (χ1n) is 8.47. The van der Waals surface area contributed by atoms with Gasteiger partial charge in [-0.1, -0.05) is 11.6 Å². The molecule has 1 aromatic heterocycles. The number of aromatic nitrogens is 2. The molecule has 5 rings (SSSR count). The van der Waals surface area contributed by atoms with Crippen molar-refractivity contribution < 1.29 is 4.79 Å². The zero-order valence-electron chi connectivity index (χ0n) is 13.3. The van der Waals surface area contributed by atoms with Crippen molar-refractivity contribution >= 4 is 17.5 Å². The highest BCUT2D eigenvalue weighted by Crippen LogP contribution is 2.55. The molecule has 120 valence electrons. The van der Waals surface area contributed by atoms with Gasteiger partial charge in [0, 0.05) is 11.7 Å². The van der Waals surface area contributed by atoms with Crippen molar-refractivity contribution in [1.82, 2.24) is 15.1 Å². The van der Waals surface area contributed by atoms with E-state index in [1.165, 1.54) is 38.5 Å². The van der Waals surface area contributed by atoms with Gasteiger partial charge in [-0.25, -0.2) is 0 Å². The third-order valence-electron chi connectivity index (χ3n) is 6.06. The lowest BCUT2D eigenvalue weighted by Crippen LogP contribution is -2.60. The maximum atomic E-state index is 12.7. The predicted molar refractivity (Wildman–Crippen MR) is 85.7 cm³/mol. The molecule has 1 amide bonds. The van der Waals surface area contributed by atoms with E-state index < -0.39 is 0 Å². The predicted octanol–water partition coefficient (Wildman–Crippen LogP) is 3.49. The van der Waals surface area contributed by atoms with E-state index in [2.05, 4.69) is 10.4 Å². The van der Waals surface area contributed by atoms with Crippen molar-refractivity contribution in [3.63, 3.8) is 0 Å². The second-order valence-corrected chi connectivity index (χ2v) is 8.31. The normalized spacial score (nSPS) is 37.3. The van der Waals surface area contributed by atoms with Gasteiger partial charge in [0.25, 0.3) is 0 Å². The summed E-state index contributed by atoms with van der Waals surface area (Å²) >= 11 is 6.06. The van der Waals surface area contributed by atoms with Crippen LogP contribution in [0.25, 0.3) is 0 Å². The number of hydrogen-bond donors (Lipinski definition) is 1. The quantitative estimate of drug-likeness (QED) is 0.926. The Morgan fingerprint density at radius 2 is 1.86 bits per heavy atom. The number of aryl methyl sites for hydroxylation is 1. The third-order valence-corrected chi connectivity index (χ3v) is 6.43. The van der Waals surface area contributed by atoms with Crippen LogP contribution in [-0.4, -0.2) is 21.2 Å². The average molecular weight is 322 g/mol. The molecule has 1 aromatic rings. The van der Waals surface area contributed by atoms with Crippen molar-refractivity contribution in [2.45, 2.75) is 64.0 Å². The van der Waals surface area contributed by atoms with Crippen LogP contribution in [0.5, 0.6) is 0 Å². The van der Waals surface area contributed by atoms with E-state index in [1.807, 2.05) is 13.8 Å². The van der Waals surface area contributed by atoms with Crippen molar-refractivity contribution in [2.24, 2.45) is 17.8 Å². The van der Waals surface area contributed by atoms with Crippen molar-refractivity contribution in [3.05, 3.63) is 16.9 Å². The molecule has 22 heavy (non-hydrogen) atoms. The van der Waals surface area contributed by atoms with Gasteiger partial charge in [-0.2, -0.15) is 5.10 Å². The Bertz CT molecular complexity index is 554. The summed E-state index contributed by atoms with van der Waals surface area (Å²) in [5.74, 6) is 2.59. The molecule has 5 heteroatoms. The number of rotatable bonds is 3. The topological polar surface area (TPSA) is 46.9 Å². The van der Waals surface area contributed by atoms with E-state index in [1.54, 1.807) is 10.9 Å². The summed E-state index contributed by atoms with van der Waals surface area (Å²) in [6.45, 7) is 3.77. The molecular weight excluding hydrogens is 298 g/mol. The molecule has 1 heterocycles. The molecule has 1 unspecified atom stereocenters. The maximum Gasteiger partial charge on any atom is 0.245 e. The molecule has 1 atom stereocenters. The van der Waals surface area contributed by atoms with Crippen molar-refractivity contribution in [3.8, 4) is 0 Å². The van der Waals surface area contributed by atoms with E-state index in [9.17, 15) is 4.79 Å². The molecule has 0 radical (unpaired) electrons. The van der Waals surface area contributed by atoms with Gasteiger partial charge in [0.05, 0.1) is 10.7 Å². The largest absolute Gasteiger partial charge is 0.349 e. The van der Waals surface area contributed by atoms with Gasteiger partial charge in [-0.3, -0.25) is 9.48 Å². The zero-order valence-corrected chi connectivity index (χ0v) is 14.1. The summed E-state index contributed by atoms with van der Waals surface area (Å²) in [7, 11) is 0.